The molecule has 0 aliphatic rings. The van der Waals surface area contributed by atoms with Crippen LogP contribution in [-0.4, -0.2) is 32.4 Å². The Hall–Kier alpha value is -3.12. The maximum Gasteiger partial charge on any atom is 0.253 e. The molecule has 0 aliphatic heterocycles. The van der Waals surface area contributed by atoms with Crippen LogP contribution in [0.5, 0.6) is 0 Å². The van der Waals surface area contributed by atoms with E-state index < -0.39 is 0 Å². The zero-order valence-corrected chi connectivity index (χ0v) is 15.5. The second kappa shape index (κ2) is 7.25. The SMILES string of the molecule is Cc1ccc(-n2nccn2)c(C(=O)NCCc2c[nH]c3cc(Cl)ccc23)c1. The monoisotopic (exact) mass is 379 g/mol. The standard InChI is InChI=1S/C20H18ClN5O/c1-13-2-5-19(26-24-8-9-25-26)17(10-13)20(27)22-7-6-14-12-23-18-11-15(21)3-4-16(14)18/h2-5,8-12,23H,6-7H2,1H3,(H,22,27). The highest BCUT2D eigenvalue weighted by atomic mass is 35.5. The van der Waals surface area contributed by atoms with Gasteiger partial charge < -0.3 is 10.3 Å². The van der Waals surface area contributed by atoms with Crippen LogP contribution in [0.4, 0.5) is 0 Å². The van der Waals surface area contributed by atoms with E-state index in [2.05, 4.69) is 20.5 Å². The largest absolute Gasteiger partial charge is 0.361 e. The van der Waals surface area contributed by atoms with Crippen LogP contribution in [0.2, 0.25) is 5.02 Å². The van der Waals surface area contributed by atoms with E-state index in [1.807, 2.05) is 49.5 Å². The molecule has 2 aromatic heterocycles. The maximum atomic E-state index is 12.7. The molecule has 2 heterocycles. The van der Waals surface area contributed by atoms with Crippen LogP contribution >= 0.6 is 11.6 Å². The van der Waals surface area contributed by atoms with Crippen molar-refractivity contribution in [3.05, 3.63) is 76.7 Å². The van der Waals surface area contributed by atoms with E-state index >= 15 is 0 Å². The summed E-state index contributed by atoms with van der Waals surface area (Å²) in [7, 11) is 0. The van der Waals surface area contributed by atoms with Crippen LogP contribution in [0.25, 0.3) is 16.6 Å². The Kier molecular flexibility index (Phi) is 4.64. The average molecular weight is 380 g/mol. The number of H-pyrrole nitrogens is 1. The first-order chi connectivity index (χ1) is 13.1. The van der Waals surface area contributed by atoms with E-state index in [1.165, 1.54) is 4.80 Å². The maximum absolute atomic E-state index is 12.7. The Bertz CT molecular complexity index is 1100. The summed E-state index contributed by atoms with van der Waals surface area (Å²) in [4.78, 5) is 17.4. The third-order valence-electron chi connectivity index (χ3n) is 4.44. The highest BCUT2D eigenvalue weighted by molar-refractivity contribution is 6.31. The third kappa shape index (κ3) is 3.57. The molecule has 0 saturated heterocycles. The van der Waals surface area contributed by atoms with Crippen molar-refractivity contribution in [3.63, 3.8) is 0 Å². The Balaban J connectivity index is 1.49. The first-order valence-electron chi connectivity index (χ1n) is 8.63. The third-order valence-corrected chi connectivity index (χ3v) is 4.68. The predicted octanol–water partition coefficient (Wildman–Crippen LogP) is 3.68. The van der Waals surface area contributed by atoms with E-state index in [4.69, 9.17) is 11.6 Å². The Morgan fingerprint density at radius 2 is 2.00 bits per heavy atom. The minimum absolute atomic E-state index is 0.145. The summed E-state index contributed by atoms with van der Waals surface area (Å²) in [5.74, 6) is -0.145. The number of carbonyl (C=O) groups excluding carboxylic acids is 1. The molecule has 136 valence electrons. The van der Waals surface area contributed by atoms with Gasteiger partial charge in [0.2, 0.25) is 0 Å². The summed E-state index contributed by atoms with van der Waals surface area (Å²) >= 11 is 6.02. The van der Waals surface area contributed by atoms with Crippen LogP contribution < -0.4 is 5.32 Å². The first kappa shape index (κ1) is 17.3. The van der Waals surface area contributed by atoms with Gasteiger partial charge >= 0.3 is 0 Å². The van der Waals surface area contributed by atoms with Crippen LogP contribution in [0, 0.1) is 6.92 Å². The smallest absolute Gasteiger partial charge is 0.253 e. The van der Waals surface area contributed by atoms with Crippen LogP contribution in [0.15, 0.2) is 55.0 Å². The van der Waals surface area contributed by atoms with Crippen molar-refractivity contribution in [1.29, 1.82) is 0 Å². The number of aromatic amines is 1. The van der Waals surface area contributed by atoms with E-state index in [-0.39, 0.29) is 5.91 Å². The molecule has 0 aliphatic carbocycles. The lowest BCUT2D eigenvalue weighted by atomic mass is 10.1. The number of carbonyl (C=O) groups is 1. The summed E-state index contributed by atoms with van der Waals surface area (Å²) in [5, 5.41) is 13.1. The fraction of sp³-hybridized carbons (Fsp3) is 0.150. The average Bonchev–Trinajstić information content (AvgIpc) is 3.31. The molecule has 2 N–H and O–H groups in total. The lowest BCUT2D eigenvalue weighted by molar-refractivity contribution is 0.0953. The molecular formula is C20H18ClN5O. The van der Waals surface area contributed by atoms with Gasteiger partial charge in [-0.3, -0.25) is 4.79 Å². The Labute approximate surface area is 161 Å². The Morgan fingerprint density at radius 3 is 2.81 bits per heavy atom. The van der Waals surface area contributed by atoms with Crippen molar-refractivity contribution in [2.24, 2.45) is 0 Å². The molecule has 0 bridgehead atoms. The normalized spacial score (nSPS) is 11.0. The van der Waals surface area contributed by atoms with Crippen molar-refractivity contribution in [1.82, 2.24) is 25.3 Å². The first-order valence-corrected chi connectivity index (χ1v) is 9.00. The van der Waals surface area contributed by atoms with E-state index in [1.54, 1.807) is 12.4 Å². The predicted molar refractivity (Wildman–Crippen MR) is 105 cm³/mol. The zero-order chi connectivity index (χ0) is 18.8. The number of rotatable bonds is 5. The highest BCUT2D eigenvalue weighted by Crippen LogP contribution is 2.22. The van der Waals surface area contributed by atoms with E-state index in [9.17, 15) is 4.79 Å². The van der Waals surface area contributed by atoms with Gasteiger partial charge in [0.15, 0.2) is 0 Å². The van der Waals surface area contributed by atoms with Crippen molar-refractivity contribution in [2.75, 3.05) is 6.54 Å². The summed E-state index contributed by atoms with van der Waals surface area (Å²) in [6.45, 7) is 2.47. The number of halogens is 1. The summed E-state index contributed by atoms with van der Waals surface area (Å²) in [6, 6.07) is 11.4. The number of aromatic nitrogens is 4. The van der Waals surface area contributed by atoms with E-state index in [0.717, 1.165) is 22.0 Å². The fourth-order valence-electron chi connectivity index (χ4n) is 3.12. The number of fused-ring (bicyclic) bond motifs is 1. The van der Waals surface area contributed by atoms with Gasteiger partial charge in [0.1, 0.15) is 0 Å². The van der Waals surface area contributed by atoms with Crippen molar-refractivity contribution < 1.29 is 4.79 Å². The molecule has 2 aromatic carbocycles. The molecule has 6 nitrogen and oxygen atoms in total. The number of amides is 1. The number of nitrogens with zero attached hydrogens (tertiary/aromatic N) is 3. The molecule has 0 saturated carbocycles. The molecule has 0 unspecified atom stereocenters. The molecular weight excluding hydrogens is 362 g/mol. The summed E-state index contributed by atoms with van der Waals surface area (Å²) < 4.78 is 0. The van der Waals surface area contributed by atoms with Crippen LogP contribution in [-0.2, 0) is 6.42 Å². The van der Waals surface area contributed by atoms with Gasteiger partial charge in [-0.05, 0) is 43.2 Å². The van der Waals surface area contributed by atoms with Gasteiger partial charge in [0, 0.05) is 28.7 Å². The van der Waals surface area contributed by atoms with Crippen molar-refractivity contribution >= 4 is 28.4 Å². The minimum Gasteiger partial charge on any atom is -0.361 e. The summed E-state index contributed by atoms with van der Waals surface area (Å²) in [5.41, 5.74) is 4.35. The molecule has 27 heavy (non-hydrogen) atoms. The molecule has 0 spiro atoms. The van der Waals surface area contributed by atoms with Gasteiger partial charge in [-0.1, -0.05) is 29.3 Å². The second-order valence-electron chi connectivity index (χ2n) is 6.35. The lowest BCUT2D eigenvalue weighted by Gasteiger charge is -2.10. The number of benzene rings is 2. The molecule has 1 amide bonds. The van der Waals surface area contributed by atoms with E-state index in [0.29, 0.717) is 29.2 Å². The van der Waals surface area contributed by atoms with Gasteiger partial charge in [0.05, 0.1) is 23.6 Å². The van der Waals surface area contributed by atoms with Gasteiger partial charge in [-0.2, -0.15) is 15.0 Å². The molecule has 0 atom stereocenters. The second-order valence-corrected chi connectivity index (χ2v) is 6.79. The van der Waals surface area contributed by atoms with Crippen molar-refractivity contribution in [3.8, 4) is 5.69 Å². The van der Waals surface area contributed by atoms with Gasteiger partial charge in [0.25, 0.3) is 5.91 Å². The quantitative estimate of drug-likeness (QED) is 0.555. The Morgan fingerprint density at radius 1 is 1.19 bits per heavy atom. The molecule has 0 radical (unpaired) electrons. The molecule has 4 rings (SSSR count). The molecule has 0 fully saturated rings. The number of hydrogen-bond acceptors (Lipinski definition) is 3. The number of aryl methyl sites for hydroxylation is 1. The van der Waals surface area contributed by atoms with Gasteiger partial charge in [-0.15, -0.1) is 0 Å². The number of hydrogen-bond donors (Lipinski definition) is 2. The van der Waals surface area contributed by atoms with Gasteiger partial charge in [-0.25, -0.2) is 0 Å². The number of nitrogens with one attached hydrogen (secondary N) is 2. The van der Waals surface area contributed by atoms with Crippen LogP contribution in [0.1, 0.15) is 21.5 Å². The molecule has 4 aromatic rings. The highest BCUT2D eigenvalue weighted by Gasteiger charge is 2.14. The fourth-order valence-corrected chi connectivity index (χ4v) is 3.29. The minimum atomic E-state index is -0.145. The zero-order valence-electron chi connectivity index (χ0n) is 14.7. The lowest BCUT2D eigenvalue weighted by Crippen LogP contribution is -2.27. The molecule has 7 heteroatoms. The van der Waals surface area contributed by atoms with Crippen molar-refractivity contribution in [2.45, 2.75) is 13.3 Å². The van der Waals surface area contributed by atoms with Crippen LogP contribution in [0.3, 0.4) is 0 Å². The summed E-state index contributed by atoms with van der Waals surface area (Å²) in [6.07, 6.45) is 5.85. The topological polar surface area (TPSA) is 75.6 Å².